The van der Waals surface area contributed by atoms with Crippen LogP contribution in [-0.4, -0.2) is 5.91 Å². The van der Waals surface area contributed by atoms with Gasteiger partial charge in [-0.05, 0) is 52.6 Å². The molecule has 1 aliphatic rings. The number of aryl methyl sites for hydroxylation is 1. The predicted octanol–water partition coefficient (Wildman–Crippen LogP) is 6.29. The Morgan fingerprint density at radius 3 is 1.72 bits per heavy atom. The van der Waals surface area contributed by atoms with Gasteiger partial charge in [0.2, 0.25) is 5.91 Å². The molecule has 0 spiro atoms. The summed E-state index contributed by atoms with van der Waals surface area (Å²) in [5.74, 6) is 0.0896. The number of rotatable bonds is 7. The van der Waals surface area contributed by atoms with Crippen molar-refractivity contribution in [1.29, 1.82) is 0 Å². The van der Waals surface area contributed by atoms with Crippen molar-refractivity contribution in [2.45, 2.75) is 31.2 Å². The molecule has 0 aliphatic heterocycles. The molecular formula is C30H27NO. The van der Waals surface area contributed by atoms with E-state index < -0.39 is 5.41 Å². The largest absolute Gasteiger partial charge is 0.351 e. The van der Waals surface area contributed by atoms with Crippen LogP contribution in [0.4, 0.5) is 0 Å². The molecule has 2 nitrogen and oxygen atoms in total. The first-order valence-electron chi connectivity index (χ1n) is 11.3. The van der Waals surface area contributed by atoms with E-state index in [0.29, 0.717) is 6.54 Å². The average molecular weight is 418 g/mol. The molecule has 0 atom stereocenters. The fourth-order valence-corrected chi connectivity index (χ4v) is 5.08. The molecule has 4 aromatic rings. The summed E-state index contributed by atoms with van der Waals surface area (Å²) < 4.78 is 0. The Hall–Kier alpha value is -3.65. The van der Waals surface area contributed by atoms with E-state index in [4.69, 9.17) is 0 Å². The minimum absolute atomic E-state index is 0.0896. The number of carbonyl (C=O) groups excluding carboxylic acids is 1. The number of fused-ring (bicyclic) bond motifs is 3. The summed E-state index contributed by atoms with van der Waals surface area (Å²) in [5.41, 5.74) is 6.36. The topological polar surface area (TPSA) is 29.1 Å². The Kier molecular flexibility index (Phi) is 5.60. The van der Waals surface area contributed by atoms with Gasteiger partial charge in [-0.1, -0.05) is 109 Å². The highest BCUT2D eigenvalue weighted by atomic mass is 16.2. The number of carbonyl (C=O) groups is 1. The van der Waals surface area contributed by atoms with Crippen LogP contribution in [0.2, 0.25) is 0 Å². The summed E-state index contributed by atoms with van der Waals surface area (Å²) in [6.45, 7) is 0.532. The minimum atomic E-state index is -0.670. The molecule has 0 saturated carbocycles. The quantitative estimate of drug-likeness (QED) is 0.376. The van der Waals surface area contributed by atoms with Crippen molar-refractivity contribution < 1.29 is 4.79 Å². The Morgan fingerprint density at radius 1 is 0.625 bits per heavy atom. The molecule has 0 radical (unpaired) electrons. The smallest absolute Gasteiger partial charge is 0.235 e. The Morgan fingerprint density at radius 2 is 1.12 bits per heavy atom. The average Bonchev–Trinajstić information content (AvgIpc) is 3.15. The van der Waals surface area contributed by atoms with Crippen molar-refractivity contribution in [2.24, 2.45) is 0 Å². The molecule has 2 heteroatoms. The molecule has 1 amide bonds. The SMILES string of the molecule is O=C(NCc1ccccc1)C1(CCCc2ccccc2)c2ccccc2-c2ccccc21. The van der Waals surface area contributed by atoms with Crippen LogP contribution in [0.3, 0.4) is 0 Å². The third-order valence-electron chi connectivity index (χ3n) is 6.61. The first-order chi connectivity index (χ1) is 15.8. The molecule has 4 aromatic carbocycles. The maximum atomic E-state index is 14.0. The van der Waals surface area contributed by atoms with Crippen LogP contribution in [0.25, 0.3) is 11.1 Å². The Bertz CT molecular complexity index is 1170. The lowest BCUT2D eigenvalue weighted by Crippen LogP contribution is -2.44. The van der Waals surface area contributed by atoms with E-state index in [0.717, 1.165) is 36.0 Å². The Balaban J connectivity index is 1.51. The lowest BCUT2D eigenvalue weighted by Gasteiger charge is -2.31. The van der Waals surface area contributed by atoms with E-state index in [1.54, 1.807) is 0 Å². The molecule has 32 heavy (non-hydrogen) atoms. The third-order valence-corrected chi connectivity index (χ3v) is 6.61. The van der Waals surface area contributed by atoms with Gasteiger partial charge in [-0.3, -0.25) is 4.79 Å². The molecule has 158 valence electrons. The molecule has 0 bridgehead atoms. The normalized spacial score (nSPS) is 13.2. The minimum Gasteiger partial charge on any atom is -0.351 e. The van der Waals surface area contributed by atoms with E-state index >= 15 is 0 Å². The second-order valence-electron chi connectivity index (χ2n) is 8.50. The monoisotopic (exact) mass is 417 g/mol. The number of nitrogens with one attached hydrogen (secondary N) is 1. The lowest BCUT2D eigenvalue weighted by atomic mass is 9.73. The van der Waals surface area contributed by atoms with Crippen molar-refractivity contribution in [3.63, 3.8) is 0 Å². The molecule has 0 heterocycles. The zero-order valence-corrected chi connectivity index (χ0v) is 18.1. The maximum absolute atomic E-state index is 14.0. The summed E-state index contributed by atoms with van der Waals surface area (Å²) in [7, 11) is 0. The van der Waals surface area contributed by atoms with Gasteiger partial charge in [-0.15, -0.1) is 0 Å². The summed E-state index contributed by atoms with van der Waals surface area (Å²) in [4.78, 5) is 14.0. The third kappa shape index (κ3) is 3.62. The van der Waals surface area contributed by atoms with Crippen LogP contribution >= 0.6 is 0 Å². The zero-order valence-electron chi connectivity index (χ0n) is 18.1. The van der Waals surface area contributed by atoms with Gasteiger partial charge in [0.15, 0.2) is 0 Å². The molecule has 5 rings (SSSR count). The summed E-state index contributed by atoms with van der Waals surface area (Å²) in [6.07, 6.45) is 2.67. The van der Waals surface area contributed by atoms with E-state index in [9.17, 15) is 4.79 Å². The predicted molar refractivity (Wildman–Crippen MR) is 130 cm³/mol. The molecule has 0 fully saturated rings. The first-order valence-corrected chi connectivity index (χ1v) is 11.3. The van der Waals surface area contributed by atoms with Crippen LogP contribution < -0.4 is 5.32 Å². The van der Waals surface area contributed by atoms with Gasteiger partial charge < -0.3 is 5.32 Å². The molecule has 0 aromatic heterocycles. The van der Waals surface area contributed by atoms with Gasteiger partial charge in [-0.25, -0.2) is 0 Å². The van der Waals surface area contributed by atoms with Gasteiger partial charge in [0.1, 0.15) is 5.41 Å². The number of benzene rings is 4. The second kappa shape index (κ2) is 8.84. The zero-order chi connectivity index (χ0) is 21.8. The van der Waals surface area contributed by atoms with E-state index in [1.165, 1.54) is 16.7 Å². The highest BCUT2D eigenvalue weighted by Gasteiger charge is 2.48. The maximum Gasteiger partial charge on any atom is 0.235 e. The fourth-order valence-electron chi connectivity index (χ4n) is 5.08. The number of amides is 1. The lowest BCUT2D eigenvalue weighted by molar-refractivity contribution is -0.125. The fraction of sp³-hybridized carbons (Fsp3) is 0.167. The van der Waals surface area contributed by atoms with Crippen molar-refractivity contribution in [2.75, 3.05) is 0 Å². The standard InChI is InChI=1S/C30H27NO/c32-29(31-22-24-14-5-2-6-15-24)30(21-11-16-23-12-3-1-4-13-23)27-19-9-7-17-25(27)26-18-8-10-20-28(26)30/h1-10,12-15,17-20H,11,16,21-22H2,(H,31,32). The van der Waals surface area contributed by atoms with Crippen molar-refractivity contribution >= 4 is 5.91 Å². The van der Waals surface area contributed by atoms with Gasteiger partial charge >= 0.3 is 0 Å². The second-order valence-corrected chi connectivity index (χ2v) is 8.50. The molecular weight excluding hydrogens is 390 g/mol. The first kappa shape index (κ1) is 20.3. The summed E-state index contributed by atoms with van der Waals surface area (Å²) in [6, 6.07) is 37.5. The van der Waals surface area contributed by atoms with E-state index in [-0.39, 0.29) is 5.91 Å². The van der Waals surface area contributed by atoms with Crippen LogP contribution in [0.15, 0.2) is 109 Å². The van der Waals surface area contributed by atoms with E-state index in [2.05, 4.69) is 90.2 Å². The molecule has 0 saturated heterocycles. The van der Waals surface area contributed by atoms with Crippen LogP contribution in [0.1, 0.15) is 35.1 Å². The summed E-state index contributed by atoms with van der Waals surface area (Å²) in [5, 5.41) is 3.27. The molecule has 0 unspecified atom stereocenters. The van der Waals surface area contributed by atoms with Gasteiger partial charge in [0.05, 0.1) is 0 Å². The van der Waals surface area contributed by atoms with Crippen molar-refractivity contribution in [1.82, 2.24) is 5.32 Å². The highest BCUT2D eigenvalue weighted by Crippen LogP contribution is 2.51. The Labute approximate surface area is 189 Å². The van der Waals surface area contributed by atoms with Crippen molar-refractivity contribution in [3.05, 3.63) is 131 Å². The van der Waals surface area contributed by atoms with Crippen LogP contribution in [-0.2, 0) is 23.2 Å². The van der Waals surface area contributed by atoms with Crippen LogP contribution in [0, 0.1) is 0 Å². The van der Waals surface area contributed by atoms with Crippen LogP contribution in [0.5, 0.6) is 0 Å². The van der Waals surface area contributed by atoms with Crippen molar-refractivity contribution in [3.8, 4) is 11.1 Å². The van der Waals surface area contributed by atoms with Gasteiger partial charge in [0, 0.05) is 6.54 Å². The number of hydrogen-bond donors (Lipinski definition) is 1. The summed E-state index contributed by atoms with van der Waals surface area (Å²) >= 11 is 0. The molecule has 1 N–H and O–H groups in total. The highest BCUT2D eigenvalue weighted by molar-refractivity contribution is 6.00. The molecule has 1 aliphatic carbocycles. The van der Waals surface area contributed by atoms with Gasteiger partial charge in [0.25, 0.3) is 0 Å². The van der Waals surface area contributed by atoms with Gasteiger partial charge in [-0.2, -0.15) is 0 Å². The van der Waals surface area contributed by atoms with E-state index in [1.807, 2.05) is 24.3 Å². The number of hydrogen-bond acceptors (Lipinski definition) is 1.